The van der Waals surface area contributed by atoms with E-state index in [4.69, 9.17) is 9.47 Å². The third-order valence-corrected chi connectivity index (χ3v) is 6.02. The van der Waals surface area contributed by atoms with Gasteiger partial charge in [0.2, 0.25) is 5.91 Å². The standard InChI is InChI=1S/C21H21NO4S2/c1-4-26-21(24)19-18(16-6-5-11-27-16)13(2)28-20(19)22-17(23)12-14-7-9-15(25-3)10-8-14/h5-11H,4,12H2,1-3H3,(H,22,23). The summed E-state index contributed by atoms with van der Waals surface area (Å²) in [6.07, 6.45) is 0.206. The summed E-state index contributed by atoms with van der Waals surface area (Å²) in [6, 6.07) is 11.2. The van der Waals surface area contributed by atoms with Crippen molar-refractivity contribution in [2.45, 2.75) is 20.3 Å². The second-order valence-electron chi connectivity index (χ2n) is 6.01. The smallest absolute Gasteiger partial charge is 0.341 e. The quantitative estimate of drug-likeness (QED) is 0.542. The largest absolute Gasteiger partial charge is 0.497 e. The number of hydrogen-bond donors (Lipinski definition) is 1. The normalized spacial score (nSPS) is 10.5. The zero-order chi connectivity index (χ0) is 20.1. The zero-order valence-corrected chi connectivity index (χ0v) is 17.5. The molecule has 0 saturated carbocycles. The summed E-state index contributed by atoms with van der Waals surface area (Å²) in [5.74, 6) is 0.132. The summed E-state index contributed by atoms with van der Waals surface area (Å²) in [6.45, 7) is 3.99. The van der Waals surface area contributed by atoms with Crippen molar-refractivity contribution in [2.24, 2.45) is 0 Å². The van der Waals surface area contributed by atoms with Gasteiger partial charge in [-0.3, -0.25) is 4.79 Å². The van der Waals surface area contributed by atoms with E-state index in [1.807, 2.05) is 48.7 Å². The molecule has 3 aromatic rings. The first kappa shape index (κ1) is 20.1. The molecule has 3 rings (SSSR count). The number of hydrogen-bond acceptors (Lipinski definition) is 6. The van der Waals surface area contributed by atoms with Crippen molar-refractivity contribution >= 4 is 39.6 Å². The lowest BCUT2D eigenvalue weighted by Crippen LogP contribution is -2.16. The van der Waals surface area contributed by atoms with Gasteiger partial charge in [0.1, 0.15) is 16.3 Å². The van der Waals surface area contributed by atoms with Gasteiger partial charge in [-0.05, 0) is 43.0 Å². The topological polar surface area (TPSA) is 64.6 Å². The van der Waals surface area contributed by atoms with E-state index in [2.05, 4.69) is 5.32 Å². The molecule has 7 heteroatoms. The number of thiophene rings is 2. The van der Waals surface area contributed by atoms with Crippen LogP contribution in [0.15, 0.2) is 41.8 Å². The Hall–Kier alpha value is -2.64. The maximum atomic E-state index is 12.6. The first-order valence-electron chi connectivity index (χ1n) is 8.80. The zero-order valence-electron chi connectivity index (χ0n) is 15.9. The average molecular weight is 416 g/mol. The van der Waals surface area contributed by atoms with Gasteiger partial charge in [0, 0.05) is 15.3 Å². The van der Waals surface area contributed by atoms with Crippen LogP contribution in [0.2, 0.25) is 0 Å². The third-order valence-electron chi connectivity index (χ3n) is 4.11. The lowest BCUT2D eigenvalue weighted by atomic mass is 10.1. The Labute approximate surface area is 171 Å². The van der Waals surface area contributed by atoms with Gasteiger partial charge in [0.15, 0.2) is 0 Å². The second kappa shape index (κ2) is 9.03. The SMILES string of the molecule is CCOC(=O)c1c(NC(=O)Cc2ccc(OC)cc2)sc(C)c1-c1cccs1. The number of rotatable bonds is 7. The third kappa shape index (κ3) is 4.43. The molecule has 0 saturated heterocycles. The molecule has 1 aromatic carbocycles. The van der Waals surface area contributed by atoms with Crippen molar-refractivity contribution in [3.8, 4) is 16.2 Å². The number of aryl methyl sites for hydroxylation is 1. The van der Waals surface area contributed by atoms with Gasteiger partial charge in [0.05, 0.1) is 20.1 Å². The van der Waals surface area contributed by atoms with Crippen LogP contribution in [0.25, 0.3) is 10.4 Å². The summed E-state index contributed by atoms with van der Waals surface area (Å²) in [5.41, 5.74) is 2.12. The fourth-order valence-corrected chi connectivity index (χ4v) is 4.82. The van der Waals surface area contributed by atoms with Crippen LogP contribution in [0.4, 0.5) is 5.00 Å². The molecule has 0 unspecified atom stereocenters. The van der Waals surface area contributed by atoms with Crippen molar-refractivity contribution in [3.05, 3.63) is 57.8 Å². The average Bonchev–Trinajstić information content (AvgIpc) is 3.30. The molecular weight excluding hydrogens is 394 g/mol. The molecule has 0 aliphatic heterocycles. The Kier molecular flexibility index (Phi) is 6.49. The molecule has 0 atom stereocenters. The van der Waals surface area contributed by atoms with Gasteiger partial charge >= 0.3 is 5.97 Å². The lowest BCUT2D eigenvalue weighted by molar-refractivity contribution is -0.115. The monoisotopic (exact) mass is 415 g/mol. The number of amides is 1. The van der Waals surface area contributed by atoms with Crippen LogP contribution in [0.5, 0.6) is 5.75 Å². The molecule has 146 valence electrons. The number of methoxy groups -OCH3 is 1. The van der Waals surface area contributed by atoms with Crippen molar-refractivity contribution in [3.63, 3.8) is 0 Å². The van der Waals surface area contributed by atoms with Crippen LogP contribution in [-0.4, -0.2) is 25.6 Å². The van der Waals surface area contributed by atoms with Crippen LogP contribution < -0.4 is 10.1 Å². The van der Waals surface area contributed by atoms with Gasteiger partial charge in [-0.25, -0.2) is 4.79 Å². The molecule has 0 spiro atoms. The number of anilines is 1. The fraction of sp³-hybridized carbons (Fsp3) is 0.238. The molecular formula is C21H21NO4S2. The van der Waals surface area contributed by atoms with Gasteiger partial charge in [-0.2, -0.15) is 0 Å². The maximum Gasteiger partial charge on any atom is 0.341 e. The van der Waals surface area contributed by atoms with Crippen molar-refractivity contribution in [1.82, 2.24) is 0 Å². The van der Waals surface area contributed by atoms with E-state index in [9.17, 15) is 9.59 Å². The summed E-state index contributed by atoms with van der Waals surface area (Å²) in [4.78, 5) is 27.2. The van der Waals surface area contributed by atoms with Crippen molar-refractivity contribution < 1.29 is 19.1 Å². The van der Waals surface area contributed by atoms with Crippen molar-refractivity contribution in [1.29, 1.82) is 0 Å². The predicted molar refractivity (Wildman–Crippen MR) is 114 cm³/mol. The highest BCUT2D eigenvalue weighted by atomic mass is 32.1. The number of nitrogens with one attached hydrogen (secondary N) is 1. The highest BCUT2D eigenvalue weighted by Crippen LogP contribution is 2.42. The van der Waals surface area contributed by atoms with E-state index in [1.54, 1.807) is 25.4 Å². The van der Waals surface area contributed by atoms with Crippen LogP contribution in [0.1, 0.15) is 27.7 Å². The van der Waals surface area contributed by atoms with Gasteiger partial charge in [-0.15, -0.1) is 22.7 Å². The summed E-state index contributed by atoms with van der Waals surface area (Å²) < 4.78 is 10.4. The Morgan fingerprint density at radius 1 is 1.14 bits per heavy atom. The number of esters is 1. The highest BCUT2D eigenvalue weighted by molar-refractivity contribution is 7.18. The summed E-state index contributed by atoms with van der Waals surface area (Å²) in [7, 11) is 1.60. The Morgan fingerprint density at radius 3 is 2.50 bits per heavy atom. The van der Waals surface area contributed by atoms with Gasteiger partial charge in [-0.1, -0.05) is 18.2 Å². The summed E-state index contributed by atoms with van der Waals surface area (Å²) in [5, 5.41) is 5.39. The molecule has 0 fully saturated rings. The number of benzene rings is 1. The minimum Gasteiger partial charge on any atom is -0.497 e. The Balaban J connectivity index is 1.87. The fourth-order valence-electron chi connectivity index (χ4n) is 2.85. The van der Waals surface area contributed by atoms with Crippen LogP contribution >= 0.6 is 22.7 Å². The van der Waals surface area contributed by atoms with E-state index in [1.165, 1.54) is 11.3 Å². The Morgan fingerprint density at radius 2 is 1.89 bits per heavy atom. The molecule has 2 heterocycles. The lowest BCUT2D eigenvalue weighted by Gasteiger charge is -2.08. The minimum atomic E-state index is -0.421. The van der Waals surface area contributed by atoms with Gasteiger partial charge in [0.25, 0.3) is 0 Å². The molecule has 0 radical (unpaired) electrons. The second-order valence-corrected chi connectivity index (χ2v) is 8.18. The predicted octanol–water partition coefficient (Wildman–Crippen LogP) is 5.15. The molecule has 2 aromatic heterocycles. The number of carbonyl (C=O) groups is 2. The summed E-state index contributed by atoms with van der Waals surface area (Å²) >= 11 is 2.94. The van der Waals surface area contributed by atoms with Crippen molar-refractivity contribution in [2.75, 3.05) is 19.0 Å². The highest BCUT2D eigenvalue weighted by Gasteiger charge is 2.26. The first-order valence-corrected chi connectivity index (χ1v) is 10.5. The van der Waals surface area contributed by atoms with E-state index in [0.717, 1.165) is 26.6 Å². The maximum absolute atomic E-state index is 12.6. The number of ether oxygens (including phenoxy) is 2. The van der Waals surface area contributed by atoms with E-state index in [-0.39, 0.29) is 18.9 Å². The van der Waals surface area contributed by atoms with Crippen LogP contribution in [0.3, 0.4) is 0 Å². The van der Waals surface area contributed by atoms with E-state index in [0.29, 0.717) is 10.6 Å². The number of carbonyl (C=O) groups excluding carboxylic acids is 2. The molecule has 0 aliphatic carbocycles. The van der Waals surface area contributed by atoms with E-state index >= 15 is 0 Å². The van der Waals surface area contributed by atoms with E-state index < -0.39 is 5.97 Å². The molecule has 0 aliphatic rings. The molecule has 1 N–H and O–H groups in total. The molecule has 1 amide bonds. The van der Waals surface area contributed by atoms with Gasteiger partial charge < -0.3 is 14.8 Å². The van der Waals surface area contributed by atoms with Crippen LogP contribution in [0, 0.1) is 6.92 Å². The van der Waals surface area contributed by atoms with Crippen LogP contribution in [-0.2, 0) is 16.0 Å². The minimum absolute atomic E-state index is 0.185. The molecule has 0 bridgehead atoms. The molecule has 28 heavy (non-hydrogen) atoms. The Bertz CT molecular complexity index is 959. The first-order chi connectivity index (χ1) is 13.5. The molecule has 5 nitrogen and oxygen atoms in total.